The molecule has 1 aromatic heterocycles. The lowest BCUT2D eigenvalue weighted by Gasteiger charge is -2.25. The second kappa shape index (κ2) is 6.42. The number of nitrogens with one attached hydrogen (secondary N) is 1. The van der Waals surface area contributed by atoms with E-state index in [1.165, 1.54) is 42.4 Å². The standard InChI is InChI=1S/C20H25N3O/c1-14(16-7-6-15-4-2-3-5-17(15)12-16)22-20(24)18-8-10-23-11-9-21-19(23)13-18/h6-7,9,11-12,14,18H,2-5,8,10,13H2,1H3,(H,22,24)/t14-,18-/m1/s1. The lowest BCUT2D eigenvalue weighted by atomic mass is 9.89. The van der Waals surface area contributed by atoms with Crippen molar-refractivity contribution in [3.8, 4) is 0 Å². The van der Waals surface area contributed by atoms with Crippen LogP contribution in [-0.2, 0) is 30.6 Å². The van der Waals surface area contributed by atoms with Crippen LogP contribution in [0.25, 0.3) is 0 Å². The summed E-state index contributed by atoms with van der Waals surface area (Å²) in [5.41, 5.74) is 4.18. The van der Waals surface area contributed by atoms with Crippen LogP contribution in [0.5, 0.6) is 0 Å². The van der Waals surface area contributed by atoms with Gasteiger partial charge >= 0.3 is 0 Å². The monoisotopic (exact) mass is 323 g/mol. The van der Waals surface area contributed by atoms with Crippen LogP contribution in [0.1, 0.15) is 54.7 Å². The smallest absolute Gasteiger partial charge is 0.224 e. The Morgan fingerprint density at radius 1 is 1.29 bits per heavy atom. The average molecular weight is 323 g/mol. The molecule has 2 aliphatic rings. The molecule has 0 spiro atoms. The number of carbonyl (C=O) groups excluding carboxylic acids is 1. The van der Waals surface area contributed by atoms with E-state index in [4.69, 9.17) is 0 Å². The Kier molecular flexibility index (Phi) is 4.13. The summed E-state index contributed by atoms with van der Waals surface area (Å²) in [6.45, 7) is 2.98. The maximum Gasteiger partial charge on any atom is 0.224 e. The van der Waals surface area contributed by atoms with Crippen molar-refractivity contribution in [2.75, 3.05) is 0 Å². The first kappa shape index (κ1) is 15.4. The minimum atomic E-state index is 0.0416. The molecule has 0 saturated heterocycles. The molecule has 0 saturated carbocycles. The third-order valence-electron chi connectivity index (χ3n) is 5.55. The fraction of sp³-hybridized carbons (Fsp3) is 0.500. The van der Waals surface area contributed by atoms with Gasteiger partial charge in [0.2, 0.25) is 5.91 Å². The number of amides is 1. The second-order valence-electron chi connectivity index (χ2n) is 7.19. The molecule has 1 aliphatic heterocycles. The van der Waals surface area contributed by atoms with Gasteiger partial charge < -0.3 is 9.88 Å². The van der Waals surface area contributed by atoms with Crippen molar-refractivity contribution in [3.05, 3.63) is 53.1 Å². The van der Waals surface area contributed by atoms with Crippen LogP contribution in [0.15, 0.2) is 30.6 Å². The lowest BCUT2D eigenvalue weighted by molar-refractivity contribution is -0.126. The van der Waals surface area contributed by atoms with Crippen molar-refractivity contribution in [2.24, 2.45) is 5.92 Å². The summed E-state index contributed by atoms with van der Waals surface area (Å²) in [6, 6.07) is 6.80. The van der Waals surface area contributed by atoms with E-state index in [0.717, 1.165) is 25.2 Å². The topological polar surface area (TPSA) is 46.9 Å². The predicted octanol–water partition coefficient (Wildman–Crippen LogP) is 3.20. The van der Waals surface area contributed by atoms with Gasteiger partial charge in [-0.1, -0.05) is 18.2 Å². The number of hydrogen-bond acceptors (Lipinski definition) is 2. The number of hydrogen-bond donors (Lipinski definition) is 1. The summed E-state index contributed by atoms with van der Waals surface area (Å²) in [4.78, 5) is 17.0. The van der Waals surface area contributed by atoms with Gasteiger partial charge in [-0.3, -0.25) is 4.79 Å². The van der Waals surface area contributed by atoms with Crippen LogP contribution in [0.3, 0.4) is 0 Å². The molecule has 2 atom stereocenters. The third-order valence-corrected chi connectivity index (χ3v) is 5.55. The molecule has 1 amide bonds. The maximum atomic E-state index is 12.7. The quantitative estimate of drug-likeness (QED) is 0.943. The molecule has 0 fully saturated rings. The number of imidazole rings is 1. The van der Waals surface area contributed by atoms with Gasteiger partial charge in [0, 0.05) is 31.3 Å². The zero-order valence-electron chi connectivity index (χ0n) is 14.3. The maximum absolute atomic E-state index is 12.7. The Morgan fingerprint density at radius 3 is 3.00 bits per heavy atom. The number of aromatic nitrogens is 2. The molecule has 4 heteroatoms. The fourth-order valence-electron chi connectivity index (χ4n) is 4.01. The fourth-order valence-corrected chi connectivity index (χ4v) is 4.01. The molecule has 4 nitrogen and oxygen atoms in total. The zero-order valence-corrected chi connectivity index (χ0v) is 14.3. The number of rotatable bonds is 3. The Bertz CT molecular complexity index is 749. The predicted molar refractivity (Wildman–Crippen MR) is 93.7 cm³/mol. The first-order valence-corrected chi connectivity index (χ1v) is 9.13. The normalized spacial score (nSPS) is 20.8. The molecule has 0 unspecified atom stereocenters. The minimum Gasteiger partial charge on any atom is -0.349 e. The molecule has 2 aromatic rings. The molecule has 1 N–H and O–H groups in total. The van der Waals surface area contributed by atoms with Crippen LogP contribution in [0, 0.1) is 5.92 Å². The molecular weight excluding hydrogens is 298 g/mol. The highest BCUT2D eigenvalue weighted by molar-refractivity contribution is 5.79. The molecule has 1 aliphatic carbocycles. The number of aryl methyl sites for hydroxylation is 3. The molecule has 0 radical (unpaired) electrons. The van der Waals surface area contributed by atoms with E-state index < -0.39 is 0 Å². The Labute approximate surface area is 143 Å². The van der Waals surface area contributed by atoms with Crippen molar-refractivity contribution in [2.45, 2.75) is 58.0 Å². The van der Waals surface area contributed by atoms with Crippen molar-refractivity contribution in [1.82, 2.24) is 14.9 Å². The summed E-state index contributed by atoms with van der Waals surface area (Å²) in [6.07, 6.45) is 10.4. The molecule has 0 bridgehead atoms. The van der Waals surface area contributed by atoms with E-state index in [9.17, 15) is 4.79 Å². The SMILES string of the molecule is C[C@@H](NC(=O)[C@@H]1CCn2ccnc2C1)c1ccc2c(c1)CCCC2. The molecule has 4 rings (SSSR count). The van der Waals surface area contributed by atoms with E-state index in [1.807, 2.05) is 12.4 Å². The van der Waals surface area contributed by atoms with Gasteiger partial charge in [0.1, 0.15) is 5.82 Å². The van der Waals surface area contributed by atoms with Crippen LogP contribution in [0.2, 0.25) is 0 Å². The number of carbonyl (C=O) groups is 1. The van der Waals surface area contributed by atoms with Gasteiger partial charge in [0.15, 0.2) is 0 Å². The van der Waals surface area contributed by atoms with E-state index in [2.05, 4.69) is 40.0 Å². The van der Waals surface area contributed by atoms with Gasteiger partial charge in [-0.2, -0.15) is 0 Å². The Hall–Kier alpha value is -2.10. The summed E-state index contributed by atoms with van der Waals surface area (Å²) >= 11 is 0. The summed E-state index contributed by atoms with van der Waals surface area (Å²) in [5, 5.41) is 3.22. The number of fused-ring (bicyclic) bond motifs is 2. The number of nitrogens with zero attached hydrogens (tertiary/aromatic N) is 2. The van der Waals surface area contributed by atoms with Crippen molar-refractivity contribution in [1.29, 1.82) is 0 Å². The molecular formula is C20H25N3O. The Balaban J connectivity index is 1.42. The Morgan fingerprint density at radius 2 is 2.12 bits per heavy atom. The van der Waals surface area contributed by atoms with E-state index in [-0.39, 0.29) is 17.9 Å². The highest BCUT2D eigenvalue weighted by atomic mass is 16.1. The first-order chi connectivity index (χ1) is 11.7. The van der Waals surface area contributed by atoms with Gasteiger partial charge in [0.05, 0.1) is 6.04 Å². The van der Waals surface area contributed by atoms with Gasteiger partial charge in [-0.25, -0.2) is 4.98 Å². The van der Waals surface area contributed by atoms with Gasteiger partial charge in [-0.15, -0.1) is 0 Å². The summed E-state index contributed by atoms with van der Waals surface area (Å²) < 4.78 is 2.15. The number of benzene rings is 1. The lowest BCUT2D eigenvalue weighted by Crippen LogP contribution is -2.36. The van der Waals surface area contributed by atoms with Gasteiger partial charge in [0.25, 0.3) is 0 Å². The van der Waals surface area contributed by atoms with Gasteiger partial charge in [-0.05, 0) is 55.7 Å². The molecule has 1 aromatic carbocycles. The minimum absolute atomic E-state index is 0.0416. The third kappa shape index (κ3) is 2.97. The zero-order chi connectivity index (χ0) is 16.5. The average Bonchev–Trinajstić information content (AvgIpc) is 3.08. The second-order valence-corrected chi connectivity index (χ2v) is 7.19. The van der Waals surface area contributed by atoms with Crippen molar-refractivity contribution < 1.29 is 4.79 Å². The molecule has 24 heavy (non-hydrogen) atoms. The van der Waals surface area contributed by atoms with Crippen LogP contribution >= 0.6 is 0 Å². The van der Waals surface area contributed by atoms with Crippen molar-refractivity contribution in [3.63, 3.8) is 0 Å². The van der Waals surface area contributed by atoms with Crippen LogP contribution < -0.4 is 5.32 Å². The van der Waals surface area contributed by atoms with E-state index in [0.29, 0.717) is 0 Å². The molecule has 126 valence electrons. The summed E-state index contributed by atoms with van der Waals surface area (Å²) in [7, 11) is 0. The largest absolute Gasteiger partial charge is 0.349 e. The highest BCUT2D eigenvalue weighted by Crippen LogP contribution is 2.26. The van der Waals surface area contributed by atoms with Crippen LogP contribution in [-0.4, -0.2) is 15.5 Å². The van der Waals surface area contributed by atoms with Crippen LogP contribution in [0.4, 0.5) is 0 Å². The van der Waals surface area contributed by atoms with Crippen molar-refractivity contribution >= 4 is 5.91 Å². The summed E-state index contributed by atoms with van der Waals surface area (Å²) in [5.74, 6) is 1.23. The first-order valence-electron chi connectivity index (χ1n) is 9.13. The van der Waals surface area contributed by atoms with E-state index in [1.54, 1.807) is 0 Å². The highest BCUT2D eigenvalue weighted by Gasteiger charge is 2.26. The van der Waals surface area contributed by atoms with E-state index >= 15 is 0 Å². The molecule has 2 heterocycles.